The van der Waals surface area contributed by atoms with Crippen molar-refractivity contribution in [3.63, 3.8) is 0 Å². The third-order valence-electron chi connectivity index (χ3n) is 4.38. The number of halogens is 4. The van der Waals surface area contributed by atoms with Crippen LogP contribution in [-0.4, -0.2) is 27.9 Å². The van der Waals surface area contributed by atoms with Crippen molar-refractivity contribution >= 4 is 23.4 Å². The second-order valence-electron chi connectivity index (χ2n) is 6.38. The van der Waals surface area contributed by atoms with E-state index in [-0.39, 0.29) is 34.1 Å². The fraction of sp³-hybridized carbons (Fsp3) is 0.0455. The number of benzene rings is 2. The number of pyridine rings is 1. The van der Waals surface area contributed by atoms with Crippen molar-refractivity contribution in [3.05, 3.63) is 89.9 Å². The van der Waals surface area contributed by atoms with E-state index in [1.54, 1.807) is 30.3 Å². The molecule has 9 heteroatoms. The van der Waals surface area contributed by atoms with Gasteiger partial charge in [-0.3, -0.25) is 9.20 Å². The predicted octanol–water partition coefficient (Wildman–Crippen LogP) is 5.57. The lowest BCUT2D eigenvalue weighted by atomic mass is 10.1. The Kier molecular flexibility index (Phi) is 5.48. The highest BCUT2D eigenvalue weighted by Crippen LogP contribution is 2.32. The number of carbonyl (C=O) groups excluding carboxylic acids is 1. The van der Waals surface area contributed by atoms with Gasteiger partial charge < -0.3 is 4.74 Å². The van der Waals surface area contributed by atoms with Gasteiger partial charge in [-0.15, -0.1) is 4.39 Å². The first-order valence-corrected chi connectivity index (χ1v) is 8.99. The van der Waals surface area contributed by atoms with E-state index in [1.807, 2.05) is 0 Å². The molecule has 2 heterocycles. The predicted molar refractivity (Wildman–Crippen MR) is 106 cm³/mol. The number of carbonyl (C=O) groups is 1. The monoisotopic (exact) mass is 427 g/mol. The van der Waals surface area contributed by atoms with Crippen LogP contribution in [0.2, 0.25) is 0 Å². The molecule has 31 heavy (non-hydrogen) atoms. The Hall–Kier alpha value is -4.01. The van der Waals surface area contributed by atoms with Gasteiger partial charge >= 0.3 is 12.8 Å². The number of rotatable bonds is 5. The average Bonchev–Trinajstić information content (AvgIpc) is 3.10. The van der Waals surface area contributed by atoms with Crippen LogP contribution < -0.4 is 0 Å². The van der Waals surface area contributed by atoms with Gasteiger partial charge in [-0.25, -0.2) is 9.37 Å². The van der Waals surface area contributed by atoms with Crippen LogP contribution in [0, 0.1) is 5.82 Å². The van der Waals surface area contributed by atoms with Crippen LogP contribution in [0.3, 0.4) is 0 Å². The maximum Gasteiger partial charge on any atom is 0.390 e. The van der Waals surface area contributed by atoms with Crippen molar-refractivity contribution in [2.75, 3.05) is 0 Å². The molecule has 0 atom stereocenters. The molecule has 156 valence electrons. The highest BCUT2D eigenvalue weighted by Gasteiger charge is 2.19. The van der Waals surface area contributed by atoms with Gasteiger partial charge in [-0.05, 0) is 24.3 Å². The molecule has 0 unspecified atom stereocenters. The Morgan fingerprint density at radius 1 is 1.00 bits per heavy atom. The lowest BCUT2D eigenvalue weighted by Gasteiger charge is -2.06. The molecule has 0 aliphatic carbocycles. The third-order valence-corrected chi connectivity index (χ3v) is 4.38. The highest BCUT2D eigenvalue weighted by atomic mass is 19.3. The zero-order chi connectivity index (χ0) is 22.0. The van der Waals surface area contributed by atoms with Gasteiger partial charge in [0.2, 0.25) is 0 Å². The quantitative estimate of drug-likeness (QED) is 0.181. The minimum atomic E-state index is -3.41. The number of aliphatic imine (C=N–C) groups is 1. The summed E-state index contributed by atoms with van der Waals surface area (Å²) in [6.07, 6.45) is -0.348. The fourth-order valence-electron chi connectivity index (χ4n) is 3.09. The summed E-state index contributed by atoms with van der Waals surface area (Å²) in [5.41, 5.74) is 1.33. The van der Waals surface area contributed by atoms with Gasteiger partial charge in [0.25, 0.3) is 0 Å². The van der Waals surface area contributed by atoms with Gasteiger partial charge in [0.15, 0.2) is 11.6 Å². The maximum absolute atomic E-state index is 13.8. The molecular formula is C22H13F4N3O2. The molecule has 4 aromatic rings. The molecule has 2 aromatic heterocycles. The molecule has 4 rings (SSSR count). The van der Waals surface area contributed by atoms with E-state index in [4.69, 9.17) is 0 Å². The zero-order valence-electron chi connectivity index (χ0n) is 15.7. The molecule has 0 saturated carbocycles. The van der Waals surface area contributed by atoms with E-state index in [0.29, 0.717) is 5.56 Å². The van der Waals surface area contributed by atoms with E-state index >= 15 is 0 Å². The van der Waals surface area contributed by atoms with E-state index in [2.05, 4.69) is 14.7 Å². The number of fused-ring (bicyclic) bond motifs is 1. The number of ether oxygens (including phenoxy) is 1. The molecule has 0 amide bonds. The zero-order valence-corrected chi connectivity index (χ0v) is 15.7. The number of imidazole rings is 1. The van der Waals surface area contributed by atoms with Crippen molar-refractivity contribution in [1.29, 1.82) is 0 Å². The molecule has 0 aliphatic heterocycles. The molecule has 0 N–H and O–H groups in total. The molecule has 5 nitrogen and oxygen atoms in total. The topological polar surface area (TPSA) is 56.0 Å². The van der Waals surface area contributed by atoms with E-state index in [1.165, 1.54) is 40.9 Å². The van der Waals surface area contributed by atoms with Crippen LogP contribution in [-0.2, 0) is 4.74 Å². The van der Waals surface area contributed by atoms with Crippen LogP contribution in [0.1, 0.15) is 15.9 Å². The Labute approximate surface area is 173 Å². The van der Waals surface area contributed by atoms with E-state index in [0.717, 1.165) is 6.07 Å². The van der Waals surface area contributed by atoms with Crippen molar-refractivity contribution < 1.29 is 27.1 Å². The summed E-state index contributed by atoms with van der Waals surface area (Å²) < 4.78 is 57.3. The fourth-order valence-corrected chi connectivity index (χ4v) is 3.09. The Morgan fingerprint density at radius 2 is 1.77 bits per heavy atom. The largest absolute Gasteiger partial charge is 0.393 e. The summed E-state index contributed by atoms with van der Waals surface area (Å²) >= 11 is 0. The van der Waals surface area contributed by atoms with Gasteiger partial charge in [0.1, 0.15) is 11.5 Å². The number of hydrogen-bond donors (Lipinski definition) is 0. The summed E-state index contributed by atoms with van der Waals surface area (Å²) in [7, 11) is 0. The SMILES string of the molecule is O=C(c1ccccc1)c1ccc2nc(N=C(F)OC(F)F)c(-c3cccc(F)c3)n2c1. The minimum Gasteiger partial charge on any atom is -0.393 e. The summed E-state index contributed by atoms with van der Waals surface area (Å²) in [6, 6.07) is 16.8. The first-order chi connectivity index (χ1) is 14.9. The number of ketones is 1. The van der Waals surface area contributed by atoms with Crippen LogP contribution in [0.25, 0.3) is 16.9 Å². The van der Waals surface area contributed by atoms with E-state index < -0.39 is 18.6 Å². The van der Waals surface area contributed by atoms with Crippen LogP contribution in [0.5, 0.6) is 0 Å². The van der Waals surface area contributed by atoms with Gasteiger partial charge in [0.05, 0.1) is 5.69 Å². The summed E-state index contributed by atoms with van der Waals surface area (Å²) in [4.78, 5) is 20.3. The molecule has 2 aromatic carbocycles. The van der Waals surface area contributed by atoms with Gasteiger partial charge in [0, 0.05) is 22.9 Å². The van der Waals surface area contributed by atoms with E-state index in [9.17, 15) is 22.4 Å². The van der Waals surface area contributed by atoms with Crippen LogP contribution >= 0.6 is 0 Å². The molecular weight excluding hydrogens is 414 g/mol. The molecule has 0 aliphatic rings. The van der Waals surface area contributed by atoms with Crippen molar-refractivity contribution in [2.45, 2.75) is 6.61 Å². The first-order valence-electron chi connectivity index (χ1n) is 8.99. The molecule has 0 spiro atoms. The average molecular weight is 427 g/mol. The lowest BCUT2D eigenvalue weighted by molar-refractivity contribution is -0.0688. The number of aromatic nitrogens is 2. The highest BCUT2D eigenvalue weighted by molar-refractivity contribution is 6.09. The Bertz CT molecular complexity index is 1290. The third kappa shape index (κ3) is 4.30. The number of nitrogens with zero attached hydrogens (tertiary/aromatic N) is 3. The first kappa shape index (κ1) is 20.3. The Balaban J connectivity index is 1.90. The van der Waals surface area contributed by atoms with Gasteiger partial charge in [-0.1, -0.05) is 42.5 Å². The van der Waals surface area contributed by atoms with Crippen LogP contribution in [0.4, 0.5) is 23.4 Å². The van der Waals surface area contributed by atoms with Crippen LogP contribution in [0.15, 0.2) is 77.9 Å². The molecule has 0 bridgehead atoms. The maximum atomic E-state index is 13.8. The van der Waals surface area contributed by atoms with Crippen molar-refractivity contribution in [3.8, 4) is 11.3 Å². The normalized spacial score (nSPS) is 11.8. The second-order valence-corrected chi connectivity index (χ2v) is 6.38. The van der Waals surface area contributed by atoms with Gasteiger partial charge in [-0.2, -0.15) is 13.8 Å². The number of alkyl halides is 2. The molecule has 0 radical (unpaired) electrons. The Morgan fingerprint density at radius 3 is 2.48 bits per heavy atom. The smallest absolute Gasteiger partial charge is 0.390 e. The van der Waals surface area contributed by atoms with Crippen molar-refractivity contribution in [2.24, 2.45) is 4.99 Å². The summed E-state index contributed by atoms with van der Waals surface area (Å²) in [5.74, 6) is -1.17. The standard InChI is InChI=1S/C22H13F4N3O2/c23-16-8-4-7-14(11-16)18-20(28-22(26)31-21(24)25)27-17-10-9-15(12-29(17)18)19(30)13-5-2-1-3-6-13/h1-12,21H. The number of hydrogen-bond acceptors (Lipinski definition) is 4. The molecule has 0 fully saturated rings. The second kappa shape index (κ2) is 8.39. The summed E-state index contributed by atoms with van der Waals surface area (Å²) in [6.45, 7) is -3.41. The lowest BCUT2D eigenvalue weighted by Crippen LogP contribution is -2.04. The minimum absolute atomic E-state index is 0.102. The molecule has 0 saturated heterocycles. The van der Waals surface area contributed by atoms with Crippen molar-refractivity contribution in [1.82, 2.24) is 9.38 Å². The summed E-state index contributed by atoms with van der Waals surface area (Å²) in [5, 5.41) is 0.